The number of hydrogen-bond acceptors (Lipinski definition) is 6. The molecule has 0 fully saturated rings. The van der Waals surface area contributed by atoms with Gasteiger partial charge in [0.15, 0.2) is 0 Å². The molecular formula is C13H18N4O3S. The Morgan fingerprint density at radius 3 is 2.62 bits per heavy atom. The van der Waals surface area contributed by atoms with E-state index in [0.717, 1.165) is 5.56 Å². The highest BCUT2D eigenvalue weighted by molar-refractivity contribution is 7.89. The zero-order valence-electron chi connectivity index (χ0n) is 12.0. The van der Waals surface area contributed by atoms with E-state index in [4.69, 9.17) is 4.42 Å². The van der Waals surface area contributed by atoms with E-state index < -0.39 is 10.0 Å². The van der Waals surface area contributed by atoms with Crippen LogP contribution in [-0.4, -0.2) is 43.7 Å². The van der Waals surface area contributed by atoms with E-state index in [0.29, 0.717) is 25.5 Å². The number of nitrogens with one attached hydrogen (secondary N) is 1. The Morgan fingerprint density at radius 1 is 1.29 bits per heavy atom. The van der Waals surface area contributed by atoms with E-state index in [1.807, 2.05) is 18.9 Å². The number of aryl methyl sites for hydroxylation is 1. The van der Waals surface area contributed by atoms with Gasteiger partial charge in [-0.1, -0.05) is 17.7 Å². The van der Waals surface area contributed by atoms with Gasteiger partial charge in [-0.3, -0.25) is 4.90 Å². The molecule has 2 aromatic rings. The zero-order chi connectivity index (χ0) is 15.3. The average Bonchev–Trinajstić information content (AvgIpc) is 2.91. The minimum absolute atomic E-state index is 0.271. The molecule has 1 aromatic carbocycles. The fraction of sp³-hybridized carbons (Fsp3) is 0.385. The molecule has 0 atom stereocenters. The molecule has 21 heavy (non-hydrogen) atoms. The zero-order valence-corrected chi connectivity index (χ0v) is 12.8. The molecule has 0 aliphatic carbocycles. The highest BCUT2D eigenvalue weighted by atomic mass is 32.2. The average molecular weight is 310 g/mol. The number of hydrogen-bond donors (Lipinski definition) is 1. The van der Waals surface area contributed by atoms with Gasteiger partial charge in [-0.15, -0.1) is 10.2 Å². The molecule has 0 aliphatic heterocycles. The number of likely N-dealkylation sites (N-methyl/N-ethyl adjacent to an activating group) is 1. The monoisotopic (exact) mass is 310 g/mol. The summed E-state index contributed by atoms with van der Waals surface area (Å²) >= 11 is 0. The number of benzene rings is 1. The van der Waals surface area contributed by atoms with Gasteiger partial charge < -0.3 is 4.42 Å². The third kappa shape index (κ3) is 4.62. The van der Waals surface area contributed by atoms with Crippen molar-refractivity contribution in [2.24, 2.45) is 0 Å². The van der Waals surface area contributed by atoms with Gasteiger partial charge in [0.2, 0.25) is 22.3 Å². The summed E-state index contributed by atoms with van der Waals surface area (Å²) in [6, 6.07) is 6.74. The van der Waals surface area contributed by atoms with Crippen molar-refractivity contribution in [1.29, 1.82) is 0 Å². The van der Waals surface area contributed by atoms with E-state index in [1.165, 1.54) is 6.39 Å². The minimum Gasteiger partial charge on any atom is -0.427 e. The summed E-state index contributed by atoms with van der Waals surface area (Å²) in [4.78, 5) is 2.16. The quantitative estimate of drug-likeness (QED) is 0.813. The summed E-state index contributed by atoms with van der Waals surface area (Å²) in [6.45, 7) is 3.23. The number of aromatic nitrogens is 2. The smallest absolute Gasteiger partial charge is 0.240 e. The molecule has 7 nitrogen and oxygen atoms in total. The fourth-order valence-corrected chi connectivity index (χ4v) is 2.77. The van der Waals surface area contributed by atoms with Gasteiger partial charge in [0.1, 0.15) is 0 Å². The molecule has 0 saturated heterocycles. The summed E-state index contributed by atoms with van der Waals surface area (Å²) in [7, 11) is -1.61. The molecule has 0 amide bonds. The second-order valence-electron chi connectivity index (χ2n) is 4.78. The lowest BCUT2D eigenvalue weighted by atomic mass is 10.2. The predicted octanol–water partition coefficient (Wildman–Crippen LogP) is 0.788. The molecule has 114 valence electrons. The highest BCUT2D eigenvalue weighted by Crippen LogP contribution is 2.09. The number of sulfonamides is 1. The van der Waals surface area contributed by atoms with E-state index >= 15 is 0 Å². The standard InChI is InChI=1S/C13H18N4O3S/c1-11-3-5-12(6-4-11)21(18,19)15-7-8-17(2)9-13-16-14-10-20-13/h3-6,10,15H,7-9H2,1-2H3. The van der Waals surface area contributed by atoms with Crippen LogP contribution in [0.25, 0.3) is 0 Å². The molecule has 0 radical (unpaired) electrons. The van der Waals surface area contributed by atoms with Gasteiger partial charge >= 0.3 is 0 Å². The van der Waals surface area contributed by atoms with Gasteiger partial charge in [0, 0.05) is 13.1 Å². The second kappa shape index (κ2) is 6.79. The third-order valence-corrected chi connectivity index (χ3v) is 4.40. The van der Waals surface area contributed by atoms with E-state index in [-0.39, 0.29) is 4.90 Å². The maximum Gasteiger partial charge on any atom is 0.240 e. The summed E-state index contributed by atoms with van der Waals surface area (Å²) in [5, 5.41) is 7.36. The van der Waals surface area contributed by atoms with Crippen molar-refractivity contribution in [2.75, 3.05) is 20.1 Å². The first-order valence-corrected chi connectivity index (χ1v) is 7.95. The van der Waals surface area contributed by atoms with Crippen molar-refractivity contribution in [3.8, 4) is 0 Å². The van der Waals surface area contributed by atoms with Crippen LogP contribution < -0.4 is 4.72 Å². The number of nitrogens with zero attached hydrogens (tertiary/aromatic N) is 3. The van der Waals surface area contributed by atoms with Crippen molar-refractivity contribution in [3.63, 3.8) is 0 Å². The molecule has 8 heteroatoms. The summed E-state index contributed by atoms with van der Waals surface area (Å²) < 4.78 is 31.7. The van der Waals surface area contributed by atoms with Crippen molar-refractivity contribution >= 4 is 10.0 Å². The normalized spacial score (nSPS) is 12.0. The molecule has 0 spiro atoms. The Hall–Kier alpha value is -1.77. The molecule has 1 heterocycles. The van der Waals surface area contributed by atoms with Crippen LogP contribution in [0, 0.1) is 6.92 Å². The minimum atomic E-state index is -3.46. The van der Waals surface area contributed by atoms with Crippen molar-refractivity contribution in [3.05, 3.63) is 42.1 Å². The van der Waals surface area contributed by atoms with Crippen molar-refractivity contribution in [2.45, 2.75) is 18.4 Å². The van der Waals surface area contributed by atoms with Crippen molar-refractivity contribution in [1.82, 2.24) is 19.8 Å². The van der Waals surface area contributed by atoms with Crippen LogP contribution in [0.1, 0.15) is 11.5 Å². The molecule has 1 aromatic heterocycles. The Bertz CT molecular complexity index is 653. The Labute approximate surface area is 124 Å². The van der Waals surface area contributed by atoms with Crippen LogP contribution >= 0.6 is 0 Å². The van der Waals surface area contributed by atoms with Crippen LogP contribution in [0.5, 0.6) is 0 Å². The summed E-state index contributed by atoms with van der Waals surface area (Å²) in [5.41, 5.74) is 1.02. The predicted molar refractivity (Wildman–Crippen MR) is 77.0 cm³/mol. The van der Waals surface area contributed by atoms with Gasteiger partial charge in [-0.25, -0.2) is 13.1 Å². The summed E-state index contributed by atoms with van der Waals surface area (Å²) in [6.07, 6.45) is 1.27. The maximum absolute atomic E-state index is 12.1. The largest absolute Gasteiger partial charge is 0.427 e. The lowest BCUT2D eigenvalue weighted by Crippen LogP contribution is -2.32. The van der Waals surface area contributed by atoms with E-state index in [1.54, 1.807) is 24.3 Å². The Kier molecular flexibility index (Phi) is 5.05. The van der Waals surface area contributed by atoms with Gasteiger partial charge in [0.05, 0.1) is 11.4 Å². The fourth-order valence-electron chi connectivity index (χ4n) is 1.75. The van der Waals surface area contributed by atoms with Crippen LogP contribution in [0.4, 0.5) is 0 Å². The first-order valence-electron chi connectivity index (χ1n) is 6.47. The molecule has 0 unspecified atom stereocenters. The second-order valence-corrected chi connectivity index (χ2v) is 6.55. The third-order valence-electron chi connectivity index (χ3n) is 2.93. The Morgan fingerprint density at radius 2 is 2.00 bits per heavy atom. The van der Waals surface area contributed by atoms with Crippen LogP contribution in [0.2, 0.25) is 0 Å². The summed E-state index contributed by atoms with van der Waals surface area (Å²) in [5.74, 6) is 0.499. The van der Waals surface area contributed by atoms with Crippen LogP contribution in [0.3, 0.4) is 0 Å². The van der Waals surface area contributed by atoms with Gasteiger partial charge in [-0.2, -0.15) is 0 Å². The number of rotatable bonds is 7. The van der Waals surface area contributed by atoms with Crippen LogP contribution in [0.15, 0.2) is 40.0 Å². The lowest BCUT2D eigenvalue weighted by molar-refractivity contribution is 0.292. The first kappa shape index (κ1) is 15.6. The van der Waals surface area contributed by atoms with E-state index in [9.17, 15) is 8.42 Å². The topological polar surface area (TPSA) is 88.3 Å². The molecule has 0 saturated carbocycles. The molecule has 1 N–H and O–H groups in total. The molecule has 2 rings (SSSR count). The van der Waals surface area contributed by atoms with Crippen molar-refractivity contribution < 1.29 is 12.8 Å². The van der Waals surface area contributed by atoms with Crippen LogP contribution in [-0.2, 0) is 16.6 Å². The molecular weight excluding hydrogens is 292 g/mol. The van der Waals surface area contributed by atoms with E-state index in [2.05, 4.69) is 14.9 Å². The Balaban J connectivity index is 1.83. The molecule has 0 aliphatic rings. The SMILES string of the molecule is Cc1ccc(S(=O)(=O)NCCN(C)Cc2nnco2)cc1. The lowest BCUT2D eigenvalue weighted by Gasteiger charge is -2.14. The maximum atomic E-state index is 12.1. The van der Waals surface area contributed by atoms with Gasteiger partial charge in [-0.05, 0) is 26.1 Å². The first-order chi connectivity index (χ1) is 9.97. The van der Waals surface area contributed by atoms with Gasteiger partial charge in [0.25, 0.3) is 0 Å². The molecule has 0 bridgehead atoms. The highest BCUT2D eigenvalue weighted by Gasteiger charge is 2.13.